The Labute approximate surface area is 128 Å². The number of rotatable bonds is 7. The van der Waals surface area contributed by atoms with Crippen molar-refractivity contribution in [3.63, 3.8) is 0 Å². The third kappa shape index (κ3) is 6.44. The lowest BCUT2D eigenvalue weighted by atomic mass is 9.93. The standard InChI is InChI=1S/C16H26N2OS/c1-16(2,12-18(3)4)11-17-15(19)14(20)10-13-8-6-5-7-9-13/h5-9,14,20H,10-12H2,1-4H3,(H,17,19). The first kappa shape index (κ1) is 17.1. The molecule has 0 saturated heterocycles. The molecule has 20 heavy (non-hydrogen) atoms. The lowest BCUT2D eigenvalue weighted by molar-refractivity contribution is -0.121. The second-order valence-electron chi connectivity index (χ2n) is 6.33. The van der Waals surface area contributed by atoms with Crippen molar-refractivity contribution in [3.05, 3.63) is 35.9 Å². The van der Waals surface area contributed by atoms with Gasteiger partial charge >= 0.3 is 0 Å². The topological polar surface area (TPSA) is 32.3 Å². The smallest absolute Gasteiger partial charge is 0.233 e. The molecule has 1 aromatic rings. The van der Waals surface area contributed by atoms with Gasteiger partial charge in [0.2, 0.25) is 5.91 Å². The van der Waals surface area contributed by atoms with Crippen LogP contribution in [0.3, 0.4) is 0 Å². The van der Waals surface area contributed by atoms with Crippen LogP contribution in [0.2, 0.25) is 0 Å². The molecule has 1 N–H and O–H groups in total. The molecule has 112 valence electrons. The molecule has 0 aliphatic carbocycles. The van der Waals surface area contributed by atoms with Crippen molar-refractivity contribution in [1.29, 1.82) is 0 Å². The summed E-state index contributed by atoms with van der Waals surface area (Å²) in [5.41, 5.74) is 1.19. The van der Waals surface area contributed by atoms with E-state index in [0.717, 1.165) is 12.1 Å². The molecule has 1 unspecified atom stereocenters. The van der Waals surface area contributed by atoms with Crippen LogP contribution in [-0.2, 0) is 11.2 Å². The van der Waals surface area contributed by atoms with E-state index < -0.39 is 0 Å². The number of benzene rings is 1. The summed E-state index contributed by atoms with van der Waals surface area (Å²) in [5, 5.41) is 2.71. The van der Waals surface area contributed by atoms with Crippen LogP contribution >= 0.6 is 12.6 Å². The lowest BCUT2D eigenvalue weighted by Gasteiger charge is -2.28. The lowest BCUT2D eigenvalue weighted by Crippen LogP contribution is -2.42. The first-order chi connectivity index (χ1) is 9.30. The highest BCUT2D eigenvalue weighted by Crippen LogP contribution is 2.15. The average molecular weight is 294 g/mol. The van der Waals surface area contributed by atoms with Gasteiger partial charge in [-0.3, -0.25) is 4.79 Å². The first-order valence-corrected chi connectivity index (χ1v) is 7.46. The molecule has 3 nitrogen and oxygen atoms in total. The molecule has 0 bridgehead atoms. The van der Waals surface area contributed by atoms with Crippen LogP contribution in [0.4, 0.5) is 0 Å². The summed E-state index contributed by atoms with van der Waals surface area (Å²) in [6.45, 7) is 5.90. The van der Waals surface area contributed by atoms with Gasteiger partial charge in [-0.05, 0) is 31.5 Å². The van der Waals surface area contributed by atoms with Crippen molar-refractivity contribution in [2.24, 2.45) is 5.41 Å². The summed E-state index contributed by atoms with van der Waals surface area (Å²) in [6, 6.07) is 9.97. The van der Waals surface area contributed by atoms with E-state index in [1.54, 1.807) is 0 Å². The summed E-state index contributed by atoms with van der Waals surface area (Å²) >= 11 is 4.41. The molecule has 1 atom stereocenters. The molecular formula is C16H26N2OS. The normalized spacial score (nSPS) is 13.3. The fraction of sp³-hybridized carbons (Fsp3) is 0.562. The zero-order valence-electron chi connectivity index (χ0n) is 12.9. The highest BCUT2D eigenvalue weighted by Gasteiger charge is 2.22. The van der Waals surface area contributed by atoms with Gasteiger partial charge < -0.3 is 10.2 Å². The van der Waals surface area contributed by atoms with Crippen LogP contribution in [-0.4, -0.2) is 43.2 Å². The average Bonchev–Trinajstić information content (AvgIpc) is 2.35. The van der Waals surface area contributed by atoms with Crippen LogP contribution in [0.25, 0.3) is 0 Å². The SMILES string of the molecule is CN(C)CC(C)(C)CNC(=O)C(S)Cc1ccccc1. The van der Waals surface area contributed by atoms with Crippen molar-refractivity contribution >= 4 is 18.5 Å². The van der Waals surface area contributed by atoms with Gasteiger partial charge in [-0.2, -0.15) is 12.6 Å². The minimum absolute atomic E-state index is 0.00372. The Morgan fingerprint density at radius 1 is 1.30 bits per heavy atom. The molecule has 1 amide bonds. The summed E-state index contributed by atoms with van der Waals surface area (Å²) in [6.07, 6.45) is 0.657. The zero-order valence-corrected chi connectivity index (χ0v) is 13.8. The van der Waals surface area contributed by atoms with E-state index in [2.05, 4.69) is 36.7 Å². The van der Waals surface area contributed by atoms with Crippen molar-refractivity contribution in [2.75, 3.05) is 27.2 Å². The number of carbonyl (C=O) groups is 1. The quantitative estimate of drug-likeness (QED) is 0.756. The van der Waals surface area contributed by atoms with Crippen molar-refractivity contribution in [2.45, 2.75) is 25.5 Å². The summed E-state index contributed by atoms with van der Waals surface area (Å²) < 4.78 is 0. The Morgan fingerprint density at radius 3 is 2.45 bits per heavy atom. The molecule has 0 radical (unpaired) electrons. The van der Waals surface area contributed by atoms with Gasteiger partial charge in [0.1, 0.15) is 0 Å². The van der Waals surface area contributed by atoms with Crippen LogP contribution < -0.4 is 5.32 Å². The Hall–Kier alpha value is -1.00. The molecule has 0 fully saturated rings. The maximum Gasteiger partial charge on any atom is 0.233 e. The van der Waals surface area contributed by atoms with Gasteiger partial charge in [0.15, 0.2) is 0 Å². The van der Waals surface area contributed by atoms with E-state index in [1.807, 2.05) is 44.4 Å². The van der Waals surface area contributed by atoms with E-state index in [-0.39, 0.29) is 16.6 Å². The molecular weight excluding hydrogens is 268 g/mol. The Bertz CT molecular complexity index is 418. The molecule has 0 aromatic heterocycles. The van der Waals surface area contributed by atoms with Gasteiger partial charge in [-0.25, -0.2) is 0 Å². The second kappa shape index (κ2) is 7.70. The number of hydrogen-bond donors (Lipinski definition) is 2. The van der Waals surface area contributed by atoms with Crippen molar-refractivity contribution < 1.29 is 4.79 Å². The Kier molecular flexibility index (Phi) is 6.56. The molecule has 0 saturated carbocycles. The monoisotopic (exact) mass is 294 g/mol. The number of amides is 1. The molecule has 1 aromatic carbocycles. The highest BCUT2D eigenvalue weighted by molar-refractivity contribution is 7.81. The molecule has 1 rings (SSSR count). The number of thiol groups is 1. The number of carbonyl (C=O) groups excluding carboxylic acids is 1. The largest absolute Gasteiger partial charge is 0.355 e. The van der Waals surface area contributed by atoms with Gasteiger partial charge in [-0.15, -0.1) is 0 Å². The summed E-state index contributed by atoms with van der Waals surface area (Å²) in [5.74, 6) is 0.00372. The minimum Gasteiger partial charge on any atom is -0.355 e. The molecule has 0 aliphatic heterocycles. The van der Waals surface area contributed by atoms with E-state index in [0.29, 0.717) is 13.0 Å². The van der Waals surface area contributed by atoms with Crippen molar-refractivity contribution in [1.82, 2.24) is 10.2 Å². The van der Waals surface area contributed by atoms with Crippen molar-refractivity contribution in [3.8, 4) is 0 Å². The van der Waals surface area contributed by atoms with E-state index in [9.17, 15) is 4.79 Å². The van der Waals surface area contributed by atoms with Gasteiger partial charge in [0, 0.05) is 13.1 Å². The molecule has 4 heteroatoms. The third-order valence-corrected chi connectivity index (χ3v) is 3.48. The predicted octanol–water partition coefficient (Wildman–Crippen LogP) is 2.23. The minimum atomic E-state index is -0.299. The highest BCUT2D eigenvalue weighted by atomic mass is 32.1. The number of nitrogens with zero attached hydrogens (tertiary/aromatic N) is 1. The van der Waals surface area contributed by atoms with Gasteiger partial charge in [-0.1, -0.05) is 44.2 Å². The van der Waals surface area contributed by atoms with Crippen LogP contribution in [0, 0.1) is 5.41 Å². The van der Waals surface area contributed by atoms with Crippen LogP contribution in [0.15, 0.2) is 30.3 Å². The van der Waals surface area contributed by atoms with E-state index in [1.165, 1.54) is 0 Å². The van der Waals surface area contributed by atoms with E-state index >= 15 is 0 Å². The molecule has 0 aliphatic rings. The van der Waals surface area contributed by atoms with Crippen LogP contribution in [0.5, 0.6) is 0 Å². The van der Waals surface area contributed by atoms with Gasteiger partial charge in [0.25, 0.3) is 0 Å². The number of nitrogens with one attached hydrogen (secondary N) is 1. The summed E-state index contributed by atoms with van der Waals surface area (Å²) in [4.78, 5) is 14.2. The third-order valence-electron chi connectivity index (χ3n) is 3.06. The van der Waals surface area contributed by atoms with E-state index in [4.69, 9.17) is 0 Å². The fourth-order valence-corrected chi connectivity index (χ4v) is 2.59. The maximum atomic E-state index is 12.1. The second-order valence-corrected chi connectivity index (χ2v) is 6.95. The van der Waals surface area contributed by atoms with Crippen LogP contribution in [0.1, 0.15) is 19.4 Å². The number of hydrogen-bond acceptors (Lipinski definition) is 3. The molecule has 0 heterocycles. The fourth-order valence-electron chi connectivity index (χ4n) is 2.29. The van der Waals surface area contributed by atoms with Gasteiger partial charge in [0.05, 0.1) is 5.25 Å². The maximum absolute atomic E-state index is 12.1. The summed E-state index contributed by atoms with van der Waals surface area (Å²) in [7, 11) is 4.08. The Balaban J connectivity index is 2.42. The Morgan fingerprint density at radius 2 is 1.90 bits per heavy atom. The molecule has 0 spiro atoms. The first-order valence-electron chi connectivity index (χ1n) is 6.94. The zero-order chi connectivity index (χ0) is 15.2. The predicted molar refractivity (Wildman–Crippen MR) is 88.3 cm³/mol.